The summed E-state index contributed by atoms with van der Waals surface area (Å²) in [6, 6.07) is 0. The molecule has 0 bridgehead atoms. The van der Waals surface area contributed by atoms with Gasteiger partial charge in [0.1, 0.15) is 6.61 Å². The summed E-state index contributed by atoms with van der Waals surface area (Å²) in [6.07, 6.45) is 4.15. The fourth-order valence-electron chi connectivity index (χ4n) is 7.62. The number of aliphatic hydroxyl groups excluding tert-OH is 2. The first kappa shape index (κ1) is 22.1. The molecule has 0 spiro atoms. The minimum absolute atomic E-state index is 0.0208. The van der Waals surface area contributed by atoms with Crippen LogP contribution >= 0.6 is 0 Å². The number of carbonyl (C=O) groups excluding carboxylic acids is 2. The lowest BCUT2D eigenvalue weighted by Crippen LogP contribution is -2.63. The van der Waals surface area contributed by atoms with E-state index in [1.807, 2.05) is 0 Å². The molecule has 0 saturated heterocycles. The molecule has 9 heteroatoms. The van der Waals surface area contributed by atoms with Gasteiger partial charge in [0, 0.05) is 11.8 Å². The summed E-state index contributed by atoms with van der Waals surface area (Å²) in [4.78, 5) is 24.8. The molecule has 168 valence electrons. The van der Waals surface area contributed by atoms with Gasteiger partial charge in [-0.05, 0) is 67.8 Å². The Labute approximate surface area is 176 Å². The molecule has 3 N–H and O–H groups in total. The van der Waals surface area contributed by atoms with E-state index < -0.39 is 39.9 Å². The molecule has 0 heterocycles. The first-order valence-electron chi connectivity index (χ1n) is 10.6. The molecule has 30 heavy (non-hydrogen) atoms. The number of fused-ring (bicyclic) bond motifs is 5. The lowest BCUT2D eigenvalue weighted by molar-refractivity contribution is -0.176. The van der Waals surface area contributed by atoms with Gasteiger partial charge in [0.15, 0.2) is 17.2 Å². The number of carbonyl (C=O) groups is 2. The molecule has 0 radical (unpaired) electrons. The second-order valence-corrected chi connectivity index (χ2v) is 11.1. The van der Waals surface area contributed by atoms with Crippen molar-refractivity contribution in [2.75, 3.05) is 6.61 Å². The average molecular weight is 443 g/mol. The first-order valence-corrected chi connectivity index (χ1v) is 12.0. The molecule has 8 nitrogen and oxygen atoms in total. The van der Waals surface area contributed by atoms with E-state index in [9.17, 15) is 32.8 Å². The Morgan fingerprint density at radius 3 is 2.57 bits per heavy atom. The predicted octanol–water partition coefficient (Wildman–Crippen LogP) is 1.61. The number of ketones is 2. The fraction of sp³-hybridized carbons (Fsp3) is 0.810. The van der Waals surface area contributed by atoms with Crippen LogP contribution in [0.1, 0.15) is 58.8 Å². The molecule has 0 aromatic heterocycles. The Kier molecular flexibility index (Phi) is 5.10. The van der Waals surface area contributed by atoms with E-state index in [4.69, 9.17) is 4.18 Å². The monoisotopic (exact) mass is 442 g/mol. The highest BCUT2D eigenvalue weighted by Gasteiger charge is 2.70. The van der Waals surface area contributed by atoms with Crippen LogP contribution in [-0.2, 0) is 24.2 Å². The molecule has 0 aliphatic heterocycles. The zero-order chi connectivity index (χ0) is 22.1. The Morgan fingerprint density at radius 2 is 1.93 bits per heavy atom. The smallest absolute Gasteiger partial charge is 0.393 e. The van der Waals surface area contributed by atoms with Crippen LogP contribution in [0.2, 0.25) is 0 Å². The van der Waals surface area contributed by atoms with Crippen LogP contribution in [0.4, 0.5) is 0 Å². The molecule has 4 aliphatic carbocycles. The zero-order valence-corrected chi connectivity index (χ0v) is 18.2. The third-order valence-corrected chi connectivity index (χ3v) is 9.35. The minimum Gasteiger partial charge on any atom is -0.393 e. The van der Waals surface area contributed by atoms with Crippen molar-refractivity contribution in [1.29, 1.82) is 0 Å². The van der Waals surface area contributed by atoms with Crippen molar-refractivity contribution in [3.63, 3.8) is 0 Å². The molecule has 3 fully saturated rings. The van der Waals surface area contributed by atoms with Gasteiger partial charge < -0.3 is 10.2 Å². The van der Waals surface area contributed by atoms with Crippen LogP contribution in [0, 0.1) is 28.6 Å². The van der Waals surface area contributed by atoms with Crippen LogP contribution in [0.5, 0.6) is 0 Å². The van der Waals surface area contributed by atoms with Gasteiger partial charge in [-0.25, -0.2) is 4.18 Å². The maximum atomic E-state index is 12.8. The Bertz CT molecular complexity index is 910. The molecule has 0 amide bonds. The molecule has 4 rings (SSSR count). The average Bonchev–Trinajstić information content (AvgIpc) is 2.92. The summed E-state index contributed by atoms with van der Waals surface area (Å²) < 4.78 is 37.8. The second kappa shape index (κ2) is 6.93. The predicted molar refractivity (Wildman–Crippen MR) is 106 cm³/mol. The number of hydrogen-bond acceptors (Lipinski definition) is 7. The van der Waals surface area contributed by atoms with E-state index in [-0.39, 0.29) is 41.8 Å². The van der Waals surface area contributed by atoms with E-state index in [2.05, 4.69) is 6.92 Å². The standard InChI is InChI=1S/C21H30O8S/c1-19-7-5-13(23)9-12(19)3-4-14-15-6-8-21(17(25)11-22,29-30(26,27)28)20(15,2)10-16(24)18(14)19/h9,14-16,18,22,24H,3-8,10-11H2,1-2H3,(H,26,27,28)/t14-,15-,16-,18+,19-,20-,21-/m0/s1. The molecular formula is C21H30O8S. The maximum Gasteiger partial charge on any atom is 0.398 e. The largest absolute Gasteiger partial charge is 0.398 e. The van der Waals surface area contributed by atoms with Crippen molar-refractivity contribution in [3.05, 3.63) is 11.6 Å². The Morgan fingerprint density at radius 1 is 1.23 bits per heavy atom. The van der Waals surface area contributed by atoms with Crippen molar-refractivity contribution >= 4 is 22.0 Å². The van der Waals surface area contributed by atoms with Crippen molar-refractivity contribution in [2.24, 2.45) is 28.6 Å². The van der Waals surface area contributed by atoms with Gasteiger partial charge in [0.05, 0.1) is 6.10 Å². The Balaban J connectivity index is 1.78. The van der Waals surface area contributed by atoms with Crippen molar-refractivity contribution in [1.82, 2.24) is 0 Å². The third kappa shape index (κ3) is 2.97. The zero-order valence-electron chi connectivity index (χ0n) is 17.3. The van der Waals surface area contributed by atoms with Crippen LogP contribution in [0.3, 0.4) is 0 Å². The first-order chi connectivity index (χ1) is 13.9. The molecular weight excluding hydrogens is 412 g/mol. The lowest BCUT2D eigenvalue weighted by atomic mass is 9.45. The highest BCUT2D eigenvalue weighted by atomic mass is 32.3. The maximum absolute atomic E-state index is 12.8. The van der Waals surface area contributed by atoms with Gasteiger partial charge in [0.25, 0.3) is 0 Å². The number of Topliss-reactive ketones (excluding diaryl/α,β-unsaturated/α-hetero) is 1. The highest BCUT2D eigenvalue weighted by molar-refractivity contribution is 7.81. The van der Waals surface area contributed by atoms with E-state index >= 15 is 0 Å². The van der Waals surface area contributed by atoms with Crippen molar-refractivity contribution < 1.29 is 37.0 Å². The molecule has 3 saturated carbocycles. The topological polar surface area (TPSA) is 138 Å². The lowest BCUT2D eigenvalue weighted by Gasteiger charge is -2.60. The van der Waals surface area contributed by atoms with Crippen LogP contribution < -0.4 is 0 Å². The van der Waals surface area contributed by atoms with E-state index in [0.29, 0.717) is 19.3 Å². The second-order valence-electron chi connectivity index (χ2n) is 10.0. The van der Waals surface area contributed by atoms with Gasteiger partial charge in [-0.2, -0.15) is 8.42 Å². The quantitative estimate of drug-likeness (QED) is 0.558. The van der Waals surface area contributed by atoms with Crippen LogP contribution in [0.25, 0.3) is 0 Å². The fourth-order valence-corrected chi connectivity index (χ4v) is 8.35. The van der Waals surface area contributed by atoms with Crippen molar-refractivity contribution in [2.45, 2.75) is 70.5 Å². The summed E-state index contributed by atoms with van der Waals surface area (Å²) in [5, 5.41) is 20.9. The number of allylic oxidation sites excluding steroid dienone is 1. The van der Waals surface area contributed by atoms with E-state index in [1.54, 1.807) is 13.0 Å². The van der Waals surface area contributed by atoms with Crippen molar-refractivity contribution in [3.8, 4) is 0 Å². The normalized spacial score (nSPS) is 45.9. The summed E-state index contributed by atoms with van der Waals surface area (Å²) in [5.74, 6) is -0.867. The summed E-state index contributed by atoms with van der Waals surface area (Å²) in [6.45, 7) is 2.93. The molecule has 7 atom stereocenters. The number of aliphatic hydroxyl groups is 2. The number of hydrogen-bond donors (Lipinski definition) is 3. The SMILES string of the molecule is C[C@]12CCC(=O)C=C1CC[C@@H]1[C@@H]2[C@@H](O)C[C@@]2(C)[C@H]1CC[C@]2(OS(=O)(=O)O)C(=O)CO. The van der Waals surface area contributed by atoms with Crippen LogP contribution in [-0.4, -0.2) is 53.1 Å². The van der Waals surface area contributed by atoms with E-state index in [0.717, 1.165) is 18.4 Å². The van der Waals surface area contributed by atoms with E-state index in [1.165, 1.54) is 0 Å². The van der Waals surface area contributed by atoms with Gasteiger partial charge in [-0.15, -0.1) is 0 Å². The minimum atomic E-state index is -4.95. The van der Waals surface area contributed by atoms with Gasteiger partial charge in [-0.1, -0.05) is 19.4 Å². The third-order valence-electron chi connectivity index (χ3n) is 8.86. The van der Waals surface area contributed by atoms with Gasteiger partial charge >= 0.3 is 10.4 Å². The van der Waals surface area contributed by atoms with Gasteiger partial charge in [0.2, 0.25) is 0 Å². The molecule has 0 unspecified atom stereocenters. The number of rotatable bonds is 4. The van der Waals surface area contributed by atoms with Gasteiger partial charge in [-0.3, -0.25) is 14.1 Å². The molecule has 4 aliphatic rings. The Hall–Kier alpha value is -1.13. The summed E-state index contributed by atoms with van der Waals surface area (Å²) >= 11 is 0. The van der Waals surface area contributed by atoms with Crippen LogP contribution in [0.15, 0.2) is 11.6 Å². The summed E-state index contributed by atoms with van der Waals surface area (Å²) in [7, 11) is -4.95. The molecule has 0 aromatic carbocycles. The summed E-state index contributed by atoms with van der Waals surface area (Å²) in [5.41, 5.74) is -2.18. The highest BCUT2D eigenvalue weighted by Crippen LogP contribution is 2.68. The molecule has 0 aromatic rings.